The van der Waals surface area contributed by atoms with E-state index in [1.807, 2.05) is 0 Å². The van der Waals surface area contributed by atoms with Crippen molar-refractivity contribution in [1.82, 2.24) is 10.6 Å². The van der Waals surface area contributed by atoms with Crippen LogP contribution in [0.25, 0.3) is 0 Å². The van der Waals surface area contributed by atoms with E-state index in [4.69, 9.17) is 20.3 Å². The molecule has 0 aromatic heterocycles. The predicted octanol–water partition coefficient (Wildman–Crippen LogP) is 3.14. The van der Waals surface area contributed by atoms with Gasteiger partial charge in [0.1, 0.15) is 17.5 Å². The van der Waals surface area contributed by atoms with Crippen molar-refractivity contribution in [1.29, 1.82) is 0 Å². The molecule has 2 aromatic rings. The van der Waals surface area contributed by atoms with Crippen molar-refractivity contribution in [3.63, 3.8) is 0 Å². The molecule has 2 aromatic carbocycles. The van der Waals surface area contributed by atoms with Gasteiger partial charge in [-0.1, -0.05) is 37.5 Å². The van der Waals surface area contributed by atoms with Crippen molar-refractivity contribution in [2.45, 2.75) is 64.5 Å². The first-order valence-corrected chi connectivity index (χ1v) is 14.4. The minimum Gasteiger partial charge on any atom is -0.492 e. The number of hydrogen-bond acceptors (Lipinski definition) is 6. The van der Waals surface area contributed by atoms with Crippen LogP contribution < -0.4 is 25.6 Å². The van der Waals surface area contributed by atoms with Crippen LogP contribution in [0.5, 0.6) is 11.5 Å². The van der Waals surface area contributed by atoms with Gasteiger partial charge in [-0.25, -0.2) is 4.57 Å². The van der Waals surface area contributed by atoms with Crippen molar-refractivity contribution in [2.75, 3.05) is 6.61 Å². The van der Waals surface area contributed by atoms with E-state index in [9.17, 15) is 18.9 Å². The van der Waals surface area contributed by atoms with E-state index in [2.05, 4.69) is 15.2 Å². The number of carbonyl (C=O) groups excluding carboxylic acids is 3. The van der Waals surface area contributed by atoms with Gasteiger partial charge in [0.2, 0.25) is 11.8 Å². The lowest BCUT2D eigenvalue weighted by atomic mass is 9.90. The van der Waals surface area contributed by atoms with E-state index in [1.54, 1.807) is 37.3 Å². The van der Waals surface area contributed by atoms with Crippen molar-refractivity contribution in [3.8, 4) is 11.5 Å². The van der Waals surface area contributed by atoms with Crippen LogP contribution in [-0.4, -0.2) is 40.2 Å². The molecular weight excluding hydrogens is 525 g/mol. The van der Waals surface area contributed by atoms with Gasteiger partial charge >= 0.3 is 7.82 Å². The number of ether oxygens (including phenoxy) is 1. The number of nitrogens with two attached hydrogens (primary N) is 1. The second-order valence-electron chi connectivity index (χ2n) is 9.85. The molecule has 6 N–H and O–H groups in total. The molecule has 0 unspecified atom stereocenters. The fourth-order valence-corrected chi connectivity index (χ4v) is 5.00. The summed E-state index contributed by atoms with van der Waals surface area (Å²) in [4.78, 5) is 54.9. The summed E-state index contributed by atoms with van der Waals surface area (Å²) < 4.78 is 21.5. The average Bonchev–Trinajstić information content (AvgIpc) is 2.87. The van der Waals surface area contributed by atoms with Gasteiger partial charge in [-0.15, -0.1) is 0 Å². The largest absolute Gasteiger partial charge is 0.524 e. The highest BCUT2D eigenvalue weighted by molar-refractivity contribution is 7.46. The Morgan fingerprint density at radius 1 is 1.05 bits per heavy atom. The van der Waals surface area contributed by atoms with Crippen molar-refractivity contribution < 1.29 is 38.0 Å². The molecule has 0 heterocycles. The molecule has 0 spiro atoms. The van der Waals surface area contributed by atoms with Crippen molar-refractivity contribution in [3.05, 3.63) is 59.2 Å². The molecule has 1 fully saturated rings. The number of amides is 3. The molecule has 3 rings (SSSR count). The van der Waals surface area contributed by atoms with Gasteiger partial charge < -0.3 is 25.6 Å². The molecule has 2 atom stereocenters. The van der Waals surface area contributed by atoms with E-state index in [1.165, 1.54) is 38.3 Å². The Bertz CT molecular complexity index is 1210. The molecule has 11 nitrogen and oxygen atoms in total. The number of hydrogen-bond donors (Lipinski definition) is 5. The third-order valence-electron chi connectivity index (χ3n) is 6.61. The third kappa shape index (κ3) is 9.69. The number of rotatable bonds is 12. The highest BCUT2D eigenvalue weighted by atomic mass is 31.2. The Labute approximate surface area is 227 Å². The normalized spacial score (nSPS) is 15.6. The van der Waals surface area contributed by atoms with Gasteiger partial charge in [0.05, 0.1) is 18.2 Å². The Hall–Kier alpha value is -3.40. The van der Waals surface area contributed by atoms with Crippen molar-refractivity contribution in [2.24, 2.45) is 11.7 Å². The Morgan fingerprint density at radius 2 is 1.72 bits per heavy atom. The van der Waals surface area contributed by atoms with E-state index in [0.717, 1.165) is 12.8 Å². The lowest BCUT2D eigenvalue weighted by Gasteiger charge is -2.23. The summed E-state index contributed by atoms with van der Waals surface area (Å²) in [5.41, 5.74) is 7.13. The molecule has 39 heavy (non-hydrogen) atoms. The van der Waals surface area contributed by atoms with E-state index >= 15 is 0 Å². The third-order valence-corrected chi connectivity index (χ3v) is 7.06. The number of benzene rings is 2. The highest BCUT2D eigenvalue weighted by Gasteiger charge is 2.24. The summed E-state index contributed by atoms with van der Waals surface area (Å²) in [6.07, 6.45) is 5.94. The Kier molecular flexibility index (Phi) is 10.5. The number of nitrogens with one attached hydrogen (secondary N) is 2. The van der Waals surface area contributed by atoms with Gasteiger partial charge in [-0.05, 0) is 61.1 Å². The fourth-order valence-electron chi connectivity index (χ4n) is 4.61. The van der Waals surface area contributed by atoms with Crippen LogP contribution in [0.1, 0.15) is 73.5 Å². The fraction of sp³-hybridized carbons (Fsp3) is 0.444. The van der Waals surface area contributed by atoms with E-state index < -0.39 is 37.6 Å². The summed E-state index contributed by atoms with van der Waals surface area (Å²) in [6.45, 7) is 3.57. The van der Waals surface area contributed by atoms with Gasteiger partial charge in [0.25, 0.3) is 5.91 Å². The monoisotopic (exact) mass is 561 g/mol. The van der Waals surface area contributed by atoms with Crippen LogP contribution in [0, 0.1) is 5.92 Å². The summed E-state index contributed by atoms with van der Waals surface area (Å²) in [6, 6.07) is 9.44. The maximum Gasteiger partial charge on any atom is 0.524 e. The minimum atomic E-state index is -4.69. The molecule has 212 valence electrons. The summed E-state index contributed by atoms with van der Waals surface area (Å²) in [7, 11) is -4.69. The van der Waals surface area contributed by atoms with Crippen LogP contribution in [0.4, 0.5) is 0 Å². The highest BCUT2D eigenvalue weighted by Crippen LogP contribution is 2.37. The number of phosphoric acid groups is 1. The van der Waals surface area contributed by atoms with E-state index in [0.29, 0.717) is 29.4 Å². The second-order valence-corrected chi connectivity index (χ2v) is 11.0. The number of carbonyl (C=O) groups is 3. The minimum absolute atomic E-state index is 0.0299. The van der Waals surface area contributed by atoms with E-state index in [-0.39, 0.29) is 17.7 Å². The number of phosphoric ester groups is 1. The molecule has 0 radical (unpaired) electrons. The van der Waals surface area contributed by atoms with Crippen LogP contribution >= 0.6 is 7.82 Å². The SMILES string of the molecule is CC(=O)N[C@@H](Cc1ccc(OP(=O)(O)O)cc1)C(=O)N[C@@H](C)c1ccc(OCC2CCCCC2)c(C(N)=O)c1. The van der Waals surface area contributed by atoms with Gasteiger partial charge in [-0.2, -0.15) is 0 Å². The first kappa shape index (κ1) is 30.1. The van der Waals surface area contributed by atoms with Gasteiger partial charge in [0, 0.05) is 13.3 Å². The smallest absolute Gasteiger partial charge is 0.492 e. The summed E-state index contributed by atoms with van der Waals surface area (Å²) >= 11 is 0. The number of primary amides is 1. The lowest BCUT2D eigenvalue weighted by molar-refractivity contribution is -0.128. The quantitative estimate of drug-likeness (QED) is 0.245. The van der Waals surface area contributed by atoms with Crippen molar-refractivity contribution >= 4 is 25.5 Å². The zero-order valence-corrected chi connectivity index (χ0v) is 23.0. The Morgan fingerprint density at radius 3 is 2.31 bits per heavy atom. The van der Waals surface area contributed by atoms with Gasteiger partial charge in [-0.3, -0.25) is 24.2 Å². The van der Waals surface area contributed by atoms with Crippen LogP contribution in [-0.2, 0) is 20.6 Å². The Balaban J connectivity index is 1.68. The molecule has 1 aliphatic carbocycles. The molecule has 0 bridgehead atoms. The zero-order valence-electron chi connectivity index (χ0n) is 22.1. The maximum atomic E-state index is 13.1. The molecule has 1 aliphatic rings. The van der Waals surface area contributed by atoms with Gasteiger partial charge in [0.15, 0.2) is 0 Å². The molecule has 0 saturated heterocycles. The van der Waals surface area contributed by atoms with Crippen LogP contribution in [0.2, 0.25) is 0 Å². The lowest BCUT2D eigenvalue weighted by Crippen LogP contribution is -2.48. The zero-order chi connectivity index (χ0) is 28.6. The molecule has 12 heteroatoms. The summed E-state index contributed by atoms with van der Waals surface area (Å²) in [5, 5.41) is 5.48. The predicted molar refractivity (Wildman–Crippen MR) is 144 cm³/mol. The summed E-state index contributed by atoms with van der Waals surface area (Å²) in [5.74, 6) is -0.643. The molecule has 0 aliphatic heterocycles. The first-order valence-electron chi connectivity index (χ1n) is 12.9. The maximum absolute atomic E-state index is 13.1. The van der Waals surface area contributed by atoms with Crippen LogP contribution in [0.15, 0.2) is 42.5 Å². The molecule has 3 amide bonds. The molecular formula is C27H36N3O8P. The average molecular weight is 562 g/mol. The molecule has 1 saturated carbocycles. The second kappa shape index (κ2) is 13.6. The standard InChI is InChI=1S/C27H36N3O8P/c1-17(21-10-13-25(23(15-21)26(28)32)37-16-20-6-4-3-5-7-20)29-27(33)24(30-18(2)31)14-19-8-11-22(12-9-19)38-39(34,35)36/h8-13,15,17,20,24H,3-7,14,16H2,1-2H3,(H2,28,32)(H,29,33)(H,30,31)(H2,34,35,36)/t17-,24-/m0/s1. The first-order chi connectivity index (χ1) is 18.4. The van der Waals surface area contributed by atoms with Crippen LogP contribution in [0.3, 0.4) is 0 Å². The topological polar surface area (TPSA) is 177 Å².